The molecule has 3 aromatic rings. The van der Waals surface area contributed by atoms with E-state index in [1.54, 1.807) is 13.2 Å². The van der Waals surface area contributed by atoms with Crippen LogP contribution < -0.4 is 14.8 Å². The number of nitrogens with one attached hydrogen (secondary N) is 2. The van der Waals surface area contributed by atoms with Crippen LogP contribution in [-0.4, -0.2) is 28.1 Å². The van der Waals surface area contributed by atoms with Gasteiger partial charge in [0.1, 0.15) is 5.82 Å². The van der Waals surface area contributed by atoms with Crippen molar-refractivity contribution in [2.45, 2.75) is 43.0 Å². The number of hydrogen-bond acceptors (Lipinski definition) is 7. The zero-order chi connectivity index (χ0) is 23.0. The smallest absolute Gasteiger partial charge is 0.222 e. The average molecular weight is 502 g/mol. The molecule has 0 spiro atoms. The third kappa shape index (κ3) is 6.53. The number of rotatable bonds is 8. The molecular formula is C24H25Cl2N5OS. The van der Waals surface area contributed by atoms with E-state index in [1.807, 2.05) is 48.8 Å². The van der Waals surface area contributed by atoms with E-state index in [4.69, 9.17) is 27.9 Å². The van der Waals surface area contributed by atoms with E-state index >= 15 is 0 Å². The first-order chi connectivity index (χ1) is 16.1. The van der Waals surface area contributed by atoms with Gasteiger partial charge in [-0.05, 0) is 55.1 Å². The van der Waals surface area contributed by atoms with Crippen LogP contribution in [0.25, 0.3) is 12.2 Å². The Kier molecular flexibility index (Phi) is 8.31. The third-order valence-corrected chi connectivity index (χ3v) is 7.13. The lowest BCUT2D eigenvalue weighted by Gasteiger charge is -2.22. The zero-order valence-corrected chi connectivity index (χ0v) is 20.6. The van der Waals surface area contributed by atoms with Crippen LogP contribution in [0.1, 0.15) is 43.2 Å². The predicted octanol–water partition coefficient (Wildman–Crippen LogP) is 7.22. The van der Waals surface area contributed by atoms with Gasteiger partial charge < -0.3 is 14.8 Å². The number of hydrogen-bond donors (Lipinski definition) is 2. The molecule has 0 aliphatic heterocycles. The lowest BCUT2D eigenvalue weighted by molar-refractivity contribution is 0.397. The number of anilines is 2. The van der Waals surface area contributed by atoms with Crippen molar-refractivity contribution < 1.29 is 4.74 Å². The molecule has 1 aromatic carbocycles. The lowest BCUT2D eigenvalue weighted by atomic mass is 9.96. The first-order valence-corrected chi connectivity index (χ1v) is 12.4. The molecule has 6 nitrogen and oxygen atoms in total. The Hall–Kier alpha value is -2.48. The van der Waals surface area contributed by atoms with E-state index < -0.39 is 0 Å². The minimum atomic E-state index is 0.482. The number of ether oxygens (including phenoxy) is 1. The zero-order valence-electron chi connectivity index (χ0n) is 18.2. The molecule has 2 aromatic heterocycles. The summed E-state index contributed by atoms with van der Waals surface area (Å²) in [7, 11) is 1.60. The fraction of sp³-hybridized carbons (Fsp3) is 0.292. The highest BCUT2D eigenvalue weighted by molar-refractivity contribution is 8.00. The fourth-order valence-electron chi connectivity index (χ4n) is 3.58. The van der Waals surface area contributed by atoms with Crippen LogP contribution >= 0.6 is 35.1 Å². The van der Waals surface area contributed by atoms with E-state index in [1.165, 1.54) is 44.1 Å². The summed E-state index contributed by atoms with van der Waals surface area (Å²) in [5.41, 5.74) is 1.75. The van der Waals surface area contributed by atoms with Gasteiger partial charge in [-0.15, -0.1) is 0 Å². The maximum Gasteiger partial charge on any atom is 0.222 e. The van der Waals surface area contributed by atoms with E-state index in [0.29, 0.717) is 33.7 Å². The maximum absolute atomic E-state index is 6.24. The van der Waals surface area contributed by atoms with Crippen LogP contribution in [0.4, 0.5) is 11.8 Å². The van der Waals surface area contributed by atoms with Crippen molar-refractivity contribution in [2.24, 2.45) is 0 Å². The molecule has 33 heavy (non-hydrogen) atoms. The Labute approximate surface area is 208 Å². The van der Waals surface area contributed by atoms with Gasteiger partial charge in [0.25, 0.3) is 0 Å². The number of nitrogens with zero attached hydrogens (tertiary/aromatic N) is 3. The molecule has 172 valence electrons. The Morgan fingerprint density at radius 1 is 1.03 bits per heavy atom. The van der Waals surface area contributed by atoms with E-state index in [2.05, 4.69) is 25.0 Å². The van der Waals surface area contributed by atoms with Crippen molar-refractivity contribution >= 4 is 59.1 Å². The summed E-state index contributed by atoms with van der Waals surface area (Å²) in [6.07, 6.45) is 13.8. The second-order valence-electron chi connectivity index (χ2n) is 7.70. The Balaban J connectivity index is 1.38. The van der Waals surface area contributed by atoms with Crippen LogP contribution in [0.15, 0.2) is 47.6 Å². The van der Waals surface area contributed by atoms with Gasteiger partial charge >= 0.3 is 0 Å². The van der Waals surface area contributed by atoms with Crippen molar-refractivity contribution in [2.75, 3.05) is 17.1 Å². The second kappa shape index (κ2) is 11.6. The largest absolute Gasteiger partial charge is 0.481 e. The van der Waals surface area contributed by atoms with E-state index in [9.17, 15) is 0 Å². The summed E-state index contributed by atoms with van der Waals surface area (Å²) in [4.78, 5) is 14.3. The topological polar surface area (TPSA) is 72.0 Å². The van der Waals surface area contributed by atoms with E-state index in [-0.39, 0.29) is 0 Å². The molecule has 0 unspecified atom stereocenters. The van der Waals surface area contributed by atoms with Gasteiger partial charge in [0.15, 0.2) is 0 Å². The van der Waals surface area contributed by atoms with Crippen molar-refractivity contribution in [1.82, 2.24) is 15.0 Å². The molecule has 2 N–H and O–H groups in total. The molecule has 0 amide bonds. The van der Waals surface area contributed by atoms with Gasteiger partial charge in [-0.25, -0.2) is 9.97 Å². The molecule has 1 aliphatic rings. The number of aromatic nitrogens is 3. The SMILES string of the molecule is COc1nc(NSc2cccc(Cl)c2Cl)ccc1/C=C/c1cnc(NC2CCCCC2)nc1. The van der Waals surface area contributed by atoms with Crippen LogP contribution in [0.3, 0.4) is 0 Å². The van der Waals surface area contributed by atoms with Gasteiger partial charge in [0.05, 0.1) is 17.2 Å². The molecular weight excluding hydrogens is 477 g/mol. The minimum Gasteiger partial charge on any atom is -0.481 e. The van der Waals surface area contributed by atoms with Gasteiger partial charge in [-0.1, -0.05) is 54.6 Å². The molecule has 1 fully saturated rings. The summed E-state index contributed by atoms with van der Waals surface area (Å²) in [5.74, 6) is 1.84. The highest BCUT2D eigenvalue weighted by Gasteiger charge is 2.13. The quantitative estimate of drug-likeness (QED) is 0.315. The summed E-state index contributed by atoms with van der Waals surface area (Å²) >= 11 is 13.7. The normalized spacial score (nSPS) is 14.4. The Bertz CT molecular complexity index is 1100. The van der Waals surface area contributed by atoms with Crippen molar-refractivity contribution in [3.05, 3.63) is 63.9 Å². The highest BCUT2D eigenvalue weighted by atomic mass is 35.5. The first kappa shape index (κ1) is 23.7. The van der Waals surface area contributed by atoms with Crippen LogP contribution in [-0.2, 0) is 0 Å². The van der Waals surface area contributed by atoms with Crippen molar-refractivity contribution in [3.63, 3.8) is 0 Å². The van der Waals surface area contributed by atoms with Crippen LogP contribution in [0, 0.1) is 0 Å². The molecule has 2 heterocycles. The Morgan fingerprint density at radius 3 is 2.58 bits per heavy atom. The standard InChI is InChI=1S/C24H25Cl2N5OS/c1-32-23-17(12-13-21(30-23)31-33-20-9-5-8-19(25)22(20)26)11-10-16-14-27-24(28-15-16)29-18-6-3-2-4-7-18/h5,8-15,18H,2-4,6-7H2,1H3,(H,30,31)(H,27,28,29)/b11-10+. The van der Waals surface area contributed by atoms with Crippen LogP contribution in [0.2, 0.25) is 10.0 Å². The molecule has 4 rings (SSSR count). The minimum absolute atomic E-state index is 0.482. The van der Waals surface area contributed by atoms with Gasteiger partial charge in [0, 0.05) is 34.5 Å². The number of benzene rings is 1. The first-order valence-electron chi connectivity index (χ1n) is 10.8. The number of halogens is 2. The average Bonchev–Trinajstić information content (AvgIpc) is 2.85. The summed E-state index contributed by atoms with van der Waals surface area (Å²) in [5, 5.41) is 4.45. The number of pyridine rings is 1. The van der Waals surface area contributed by atoms with Gasteiger partial charge in [-0.2, -0.15) is 4.98 Å². The highest BCUT2D eigenvalue weighted by Crippen LogP contribution is 2.33. The van der Waals surface area contributed by atoms with Crippen molar-refractivity contribution in [1.29, 1.82) is 0 Å². The maximum atomic E-state index is 6.24. The van der Waals surface area contributed by atoms with E-state index in [0.717, 1.165) is 16.0 Å². The van der Waals surface area contributed by atoms with Gasteiger partial charge in [-0.3, -0.25) is 0 Å². The summed E-state index contributed by atoms with van der Waals surface area (Å²) in [6.45, 7) is 0. The molecule has 0 bridgehead atoms. The molecule has 9 heteroatoms. The fourth-order valence-corrected chi connectivity index (χ4v) is 4.73. The second-order valence-corrected chi connectivity index (χ2v) is 9.34. The predicted molar refractivity (Wildman–Crippen MR) is 138 cm³/mol. The van der Waals surface area contributed by atoms with Gasteiger partial charge in [0.2, 0.25) is 11.8 Å². The Morgan fingerprint density at radius 2 is 1.82 bits per heavy atom. The monoisotopic (exact) mass is 501 g/mol. The molecule has 1 saturated carbocycles. The number of methoxy groups -OCH3 is 1. The summed E-state index contributed by atoms with van der Waals surface area (Å²) < 4.78 is 8.65. The van der Waals surface area contributed by atoms with Crippen LogP contribution in [0.5, 0.6) is 5.88 Å². The molecule has 0 atom stereocenters. The van der Waals surface area contributed by atoms with Crippen molar-refractivity contribution in [3.8, 4) is 5.88 Å². The molecule has 0 radical (unpaired) electrons. The third-order valence-electron chi connectivity index (χ3n) is 5.33. The lowest BCUT2D eigenvalue weighted by Crippen LogP contribution is -2.23. The summed E-state index contributed by atoms with van der Waals surface area (Å²) in [6, 6.07) is 9.78. The molecule has 1 aliphatic carbocycles. The molecule has 0 saturated heterocycles.